The summed E-state index contributed by atoms with van der Waals surface area (Å²) < 4.78 is 11.4. The smallest absolute Gasteiger partial charge is 0.250 e. The van der Waals surface area contributed by atoms with Crippen molar-refractivity contribution in [3.8, 4) is 0 Å². The molecule has 1 aliphatic heterocycles. The predicted octanol–water partition coefficient (Wildman–Crippen LogP) is 3.13. The van der Waals surface area contributed by atoms with Gasteiger partial charge >= 0.3 is 0 Å². The first-order chi connectivity index (χ1) is 14.9. The van der Waals surface area contributed by atoms with E-state index >= 15 is 0 Å². The van der Waals surface area contributed by atoms with Gasteiger partial charge in [0.15, 0.2) is 6.29 Å². The molecule has 2 fully saturated rings. The zero-order valence-corrected chi connectivity index (χ0v) is 18.1. The summed E-state index contributed by atoms with van der Waals surface area (Å²) in [7, 11) is 0. The molecule has 1 heterocycles. The minimum Gasteiger partial charge on any atom is -0.380 e. The number of carbonyl (C=O) groups is 1. The van der Waals surface area contributed by atoms with Gasteiger partial charge in [0.2, 0.25) is 5.91 Å². The van der Waals surface area contributed by atoms with E-state index in [0.717, 1.165) is 37.2 Å². The first-order valence-electron chi connectivity index (χ1n) is 10.9. The standard InChI is InChI=1S/C25H31NO5/c1-16(2)22(31-13-17-4-3-5-19(12-17)20-14-30-15-20)23(27)26-25(10-11-25)21-8-6-18(7-9-21)24(28)29/h3-9,12,16,20,22,24,28-29H,10-11,13-15H2,1-2H3,(H,26,27). The molecule has 1 saturated heterocycles. The third-order valence-corrected chi connectivity index (χ3v) is 6.23. The maximum Gasteiger partial charge on any atom is 0.250 e. The molecule has 2 aromatic carbocycles. The van der Waals surface area contributed by atoms with Gasteiger partial charge in [0.05, 0.1) is 25.4 Å². The van der Waals surface area contributed by atoms with Crippen LogP contribution in [0.3, 0.4) is 0 Å². The molecule has 0 bridgehead atoms. The molecule has 4 rings (SSSR count). The van der Waals surface area contributed by atoms with Crippen LogP contribution >= 0.6 is 0 Å². The summed E-state index contributed by atoms with van der Waals surface area (Å²) in [4.78, 5) is 13.1. The number of amides is 1. The zero-order chi connectivity index (χ0) is 22.0. The highest BCUT2D eigenvalue weighted by atomic mass is 16.5. The number of benzene rings is 2. The molecule has 6 nitrogen and oxygen atoms in total. The van der Waals surface area contributed by atoms with Crippen LogP contribution in [-0.4, -0.2) is 35.4 Å². The van der Waals surface area contributed by atoms with Crippen LogP contribution in [0, 0.1) is 5.92 Å². The molecule has 2 aliphatic rings. The lowest BCUT2D eigenvalue weighted by atomic mass is 9.96. The van der Waals surface area contributed by atoms with E-state index in [9.17, 15) is 15.0 Å². The van der Waals surface area contributed by atoms with Crippen LogP contribution in [0.15, 0.2) is 48.5 Å². The first kappa shape index (κ1) is 22.0. The third-order valence-electron chi connectivity index (χ3n) is 6.23. The molecule has 1 atom stereocenters. The molecule has 3 N–H and O–H groups in total. The van der Waals surface area contributed by atoms with E-state index in [4.69, 9.17) is 9.47 Å². The molecule has 1 unspecified atom stereocenters. The van der Waals surface area contributed by atoms with Crippen molar-refractivity contribution in [1.29, 1.82) is 0 Å². The molecular formula is C25H31NO5. The van der Waals surface area contributed by atoms with Crippen molar-refractivity contribution in [3.63, 3.8) is 0 Å². The van der Waals surface area contributed by atoms with E-state index in [0.29, 0.717) is 18.1 Å². The average molecular weight is 426 g/mol. The van der Waals surface area contributed by atoms with Gasteiger partial charge in [0.1, 0.15) is 6.10 Å². The van der Waals surface area contributed by atoms with Crippen molar-refractivity contribution in [2.75, 3.05) is 13.2 Å². The fourth-order valence-electron chi connectivity index (χ4n) is 4.01. The highest BCUT2D eigenvalue weighted by Crippen LogP contribution is 2.45. The van der Waals surface area contributed by atoms with Gasteiger partial charge in [0.25, 0.3) is 0 Å². The average Bonchev–Trinajstić information content (AvgIpc) is 3.47. The Morgan fingerprint density at radius 3 is 2.42 bits per heavy atom. The van der Waals surface area contributed by atoms with Crippen molar-refractivity contribution < 1.29 is 24.5 Å². The van der Waals surface area contributed by atoms with E-state index in [1.807, 2.05) is 38.1 Å². The van der Waals surface area contributed by atoms with Gasteiger partial charge in [-0.25, -0.2) is 0 Å². The van der Waals surface area contributed by atoms with Crippen LogP contribution in [-0.2, 0) is 26.4 Å². The van der Waals surface area contributed by atoms with E-state index in [1.54, 1.807) is 12.1 Å². The third kappa shape index (κ3) is 4.99. The Balaban J connectivity index is 1.39. The highest BCUT2D eigenvalue weighted by molar-refractivity contribution is 5.82. The Labute approximate surface area is 183 Å². The molecule has 31 heavy (non-hydrogen) atoms. The minimum absolute atomic E-state index is 0.0333. The van der Waals surface area contributed by atoms with Crippen molar-refractivity contribution in [2.24, 2.45) is 5.92 Å². The second-order valence-corrected chi connectivity index (χ2v) is 9.02. The van der Waals surface area contributed by atoms with E-state index in [-0.39, 0.29) is 11.8 Å². The van der Waals surface area contributed by atoms with Gasteiger partial charge in [0, 0.05) is 11.5 Å². The van der Waals surface area contributed by atoms with Crippen molar-refractivity contribution in [2.45, 2.75) is 57.1 Å². The van der Waals surface area contributed by atoms with E-state index in [1.165, 1.54) is 5.56 Å². The molecule has 0 spiro atoms. The van der Waals surface area contributed by atoms with Crippen LogP contribution < -0.4 is 5.32 Å². The van der Waals surface area contributed by atoms with Gasteiger partial charge in [-0.05, 0) is 35.4 Å². The maximum atomic E-state index is 13.1. The first-order valence-corrected chi connectivity index (χ1v) is 10.9. The SMILES string of the molecule is CC(C)C(OCc1cccc(C2COC2)c1)C(=O)NC1(c2ccc(C(O)O)cc2)CC1. The Kier molecular flexibility index (Phi) is 6.44. The Hall–Kier alpha value is -2.25. The van der Waals surface area contributed by atoms with Crippen LogP contribution in [0.2, 0.25) is 0 Å². The van der Waals surface area contributed by atoms with E-state index in [2.05, 4.69) is 17.4 Å². The molecule has 0 aromatic heterocycles. The van der Waals surface area contributed by atoms with Crippen molar-refractivity contribution in [1.82, 2.24) is 5.32 Å². The van der Waals surface area contributed by atoms with Gasteiger partial charge in [-0.3, -0.25) is 4.79 Å². The quantitative estimate of drug-likeness (QED) is 0.537. The van der Waals surface area contributed by atoms with Gasteiger partial charge in [-0.2, -0.15) is 0 Å². The number of aliphatic hydroxyl groups is 2. The number of hydrogen-bond donors (Lipinski definition) is 3. The van der Waals surface area contributed by atoms with Crippen LogP contribution in [0.25, 0.3) is 0 Å². The molecule has 1 saturated carbocycles. The largest absolute Gasteiger partial charge is 0.380 e. The molecular weight excluding hydrogens is 394 g/mol. The normalized spacial score (nSPS) is 18.6. The van der Waals surface area contributed by atoms with Gasteiger partial charge < -0.3 is 25.0 Å². The lowest BCUT2D eigenvalue weighted by Crippen LogP contribution is -2.44. The summed E-state index contributed by atoms with van der Waals surface area (Å²) in [5, 5.41) is 21.8. The molecule has 0 radical (unpaired) electrons. The molecule has 1 aliphatic carbocycles. The topological polar surface area (TPSA) is 88.0 Å². The Morgan fingerprint density at radius 2 is 1.87 bits per heavy atom. The number of rotatable bonds is 9. The second-order valence-electron chi connectivity index (χ2n) is 9.02. The zero-order valence-electron chi connectivity index (χ0n) is 18.1. The van der Waals surface area contributed by atoms with Crippen molar-refractivity contribution in [3.05, 3.63) is 70.8 Å². The predicted molar refractivity (Wildman–Crippen MR) is 116 cm³/mol. The Morgan fingerprint density at radius 1 is 1.16 bits per heavy atom. The molecule has 6 heteroatoms. The monoisotopic (exact) mass is 425 g/mol. The van der Waals surface area contributed by atoms with Crippen LogP contribution in [0.4, 0.5) is 0 Å². The fourth-order valence-corrected chi connectivity index (χ4v) is 4.01. The summed E-state index contributed by atoms with van der Waals surface area (Å²) in [6.45, 7) is 5.89. The summed E-state index contributed by atoms with van der Waals surface area (Å²) in [5.41, 5.74) is 3.33. The molecule has 166 valence electrons. The summed E-state index contributed by atoms with van der Waals surface area (Å²) in [6.07, 6.45) is -0.328. The fraction of sp³-hybridized carbons (Fsp3) is 0.480. The van der Waals surface area contributed by atoms with Gasteiger partial charge in [-0.1, -0.05) is 62.4 Å². The van der Waals surface area contributed by atoms with E-state index < -0.39 is 17.9 Å². The lowest BCUT2D eigenvalue weighted by Gasteiger charge is -2.27. The number of carbonyl (C=O) groups excluding carboxylic acids is 1. The highest BCUT2D eigenvalue weighted by Gasteiger charge is 2.46. The summed E-state index contributed by atoms with van der Waals surface area (Å²) in [5.74, 6) is 0.380. The van der Waals surface area contributed by atoms with Crippen molar-refractivity contribution >= 4 is 5.91 Å². The van der Waals surface area contributed by atoms with Gasteiger partial charge in [-0.15, -0.1) is 0 Å². The number of nitrogens with one attached hydrogen (secondary N) is 1. The minimum atomic E-state index is -1.49. The molecule has 1 amide bonds. The lowest BCUT2D eigenvalue weighted by molar-refractivity contribution is -0.137. The molecule has 2 aromatic rings. The number of aliphatic hydroxyl groups excluding tert-OH is 1. The number of hydrogen-bond acceptors (Lipinski definition) is 5. The summed E-state index contributed by atoms with van der Waals surface area (Å²) >= 11 is 0. The summed E-state index contributed by atoms with van der Waals surface area (Å²) in [6, 6.07) is 15.4. The van der Waals surface area contributed by atoms with Crippen LogP contribution in [0.5, 0.6) is 0 Å². The second kappa shape index (κ2) is 9.09. The number of ether oxygens (including phenoxy) is 2. The maximum absolute atomic E-state index is 13.1. The van der Waals surface area contributed by atoms with Crippen LogP contribution in [0.1, 0.15) is 61.2 Å². The Bertz CT molecular complexity index is 900.